The SMILES string of the molecule is COC(=O)C1CN(c2cc(C)nn2Cc2ccccc2)CCN1. The first-order chi connectivity index (χ1) is 11.2. The van der Waals surface area contributed by atoms with Crippen LogP contribution in [0.15, 0.2) is 36.4 Å². The van der Waals surface area contributed by atoms with Crippen molar-refractivity contribution in [2.45, 2.75) is 19.5 Å². The highest BCUT2D eigenvalue weighted by atomic mass is 16.5. The van der Waals surface area contributed by atoms with Crippen LogP contribution in [0, 0.1) is 6.92 Å². The standard InChI is InChI=1S/C17H22N4O2/c1-13-10-16(20-9-8-18-15(12-20)17(22)23-2)21(19-13)11-14-6-4-3-5-7-14/h3-7,10,15,18H,8-9,11-12H2,1-2H3. The molecule has 6 heteroatoms. The molecule has 1 unspecified atom stereocenters. The van der Waals surface area contributed by atoms with Gasteiger partial charge in [-0.05, 0) is 12.5 Å². The molecule has 2 heterocycles. The van der Waals surface area contributed by atoms with Crippen LogP contribution in [0.3, 0.4) is 0 Å². The van der Waals surface area contributed by atoms with Gasteiger partial charge in [0.05, 0.1) is 19.3 Å². The Labute approximate surface area is 136 Å². The lowest BCUT2D eigenvalue weighted by atomic mass is 10.2. The van der Waals surface area contributed by atoms with Crippen LogP contribution in [0.4, 0.5) is 5.82 Å². The molecule has 3 rings (SSSR count). The Kier molecular flexibility index (Phi) is 4.62. The van der Waals surface area contributed by atoms with Crippen molar-refractivity contribution in [3.63, 3.8) is 0 Å². The van der Waals surface area contributed by atoms with Crippen molar-refractivity contribution in [3.8, 4) is 0 Å². The first-order valence-electron chi connectivity index (χ1n) is 7.82. The van der Waals surface area contributed by atoms with Crippen LogP contribution >= 0.6 is 0 Å². The monoisotopic (exact) mass is 314 g/mol. The Balaban J connectivity index is 1.81. The summed E-state index contributed by atoms with van der Waals surface area (Å²) in [4.78, 5) is 14.0. The summed E-state index contributed by atoms with van der Waals surface area (Å²) in [5, 5.41) is 7.81. The van der Waals surface area contributed by atoms with Crippen molar-refractivity contribution in [2.24, 2.45) is 0 Å². The molecule has 1 N–H and O–H groups in total. The van der Waals surface area contributed by atoms with Crippen molar-refractivity contribution in [1.82, 2.24) is 15.1 Å². The fourth-order valence-corrected chi connectivity index (χ4v) is 2.92. The van der Waals surface area contributed by atoms with E-state index in [1.54, 1.807) is 0 Å². The number of methoxy groups -OCH3 is 1. The molecule has 0 saturated carbocycles. The van der Waals surface area contributed by atoms with Crippen LogP contribution in [0.5, 0.6) is 0 Å². The van der Waals surface area contributed by atoms with Gasteiger partial charge in [0.2, 0.25) is 0 Å². The zero-order valence-electron chi connectivity index (χ0n) is 13.5. The van der Waals surface area contributed by atoms with E-state index in [-0.39, 0.29) is 12.0 Å². The highest BCUT2D eigenvalue weighted by Crippen LogP contribution is 2.19. The molecule has 0 bridgehead atoms. The molecule has 1 aromatic carbocycles. The summed E-state index contributed by atoms with van der Waals surface area (Å²) in [6.07, 6.45) is 0. The molecular formula is C17H22N4O2. The largest absolute Gasteiger partial charge is 0.468 e. The molecule has 122 valence electrons. The number of esters is 1. The third-order valence-electron chi connectivity index (χ3n) is 4.04. The highest BCUT2D eigenvalue weighted by Gasteiger charge is 2.27. The molecule has 1 aliphatic heterocycles. The second-order valence-electron chi connectivity index (χ2n) is 5.76. The molecular weight excluding hydrogens is 292 g/mol. The minimum absolute atomic E-state index is 0.222. The lowest BCUT2D eigenvalue weighted by Gasteiger charge is -2.33. The number of carbonyl (C=O) groups is 1. The smallest absolute Gasteiger partial charge is 0.324 e. The van der Waals surface area contributed by atoms with Crippen LogP contribution in [-0.2, 0) is 16.1 Å². The van der Waals surface area contributed by atoms with E-state index in [9.17, 15) is 4.79 Å². The van der Waals surface area contributed by atoms with Gasteiger partial charge < -0.3 is 15.0 Å². The van der Waals surface area contributed by atoms with Gasteiger partial charge in [0.1, 0.15) is 11.9 Å². The molecule has 23 heavy (non-hydrogen) atoms. The van der Waals surface area contributed by atoms with Crippen LogP contribution < -0.4 is 10.2 Å². The maximum Gasteiger partial charge on any atom is 0.324 e. The Hall–Kier alpha value is -2.34. The number of hydrogen-bond acceptors (Lipinski definition) is 5. The normalized spacial score (nSPS) is 18.0. The van der Waals surface area contributed by atoms with E-state index in [1.807, 2.05) is 29.8 Å². The van der Waals surface area contributed by atoms with Crippen LogP contribution in [0.1, 0.15) is 11.3 Å². The zero-order valence-corrected chi connectivity index (χ0v) is 13.5. The van der Waals surface area contributed by atoms with Gasteiger partial charge in [-0.15, -0.1) is 0 Å². The first-order valence-corrected chi connectivity index (χ1v) is 7.82. The number of anilines is 1. The predicted molar refractivity (Wildman–Crippen MR) is 88.5 cm³/mol. The Morgan fingerprint density at radius 3 is 2.91 bits per heavy atom. The number of aryl methyl sites for hydroxylation is 1. The van der Waals surface area contributed by atoms with Crippen LogP contribution in [0.2, 0.25) is 0 Å². The van der Waals surface area contributed by atoms with Gasteiger partial charge in [-0.25, -0.2) is 4.68 Å². The molecule has 1 aromatic heterocycles. The summed E-state index contributed by atoms with van der Waals surface area (Å²) in [5.74, 6) is 0.822. The minimum atomic E-state index is -0.297. The summed E-state index contributed by atoms with van der Waals surface area (Å²) >= 11 is 0. The van der Waals surface area contributed by atoms with E-state index in [0.717, 1.165) is 31.1 Å². The van der Waals surface area contributed by atoms with Crippen LogP contribution in [0.25, 0.3) is 0 Å². The highest BCUT2D eigenvalue weighted by molar-refractivity contribution is 5.76. The van der Waals surface area contributed by atoms with Gasteiger partial charge >= 0.3 is 5.97 Å². The molecule has 2 aromatic rings. The number of nitrogens with zero attached hydrogens (tertiary/aromatic N) is 3. The molecule has 1 aliphatic rings. The number of hydrogen-bond donors (Lipinski definition) is 1. The quantitative estimate of drug-likeness (QED) is 0.859. The second-order valence-corrected chi connectivity index (χ2v) is 5.76. The van der Waals surface area contributed by atoms with Gasteiger partial charge in [0.15, 0.2) is 0 Å². The third-order valence-corrected chi connectivity index (χ3v) is 4.04. The summed E-state index contributed by atoms with van der Waals surface area (Å²) < 4.78 is 6.86. The van der Waals surface area contributed by atoms with Crippen molar-refractivity contribution in [1.29, 1.82) is 0 Å². The number of benzene rings is 1. The number of nitrogens with one attached hydrogen (secondary N) is 1. The van der Waals surface area contributed by atoms with Crippen LogP contribution in [-0.4, -0.2) is 48.5 Å². The topological polar surface area (TPSA) is 59.4 Å². The lowest BCUT2D eigenvalue weighted by Crippen LogP contribution is -2.55. The maximum atomic E-state index is 11.8. The Bertz CT molecular complexity index is 668. The van der Waals surface area contributed by atoms with E-state index in [1.165, 1.54) is 12.7 Å². The first kappa shape index (κ1) is 15.6. The van der Waals surface area contributed by atoms with Gasteiger partial charge in [0.25, 0.3) is 0 Å². The molecule has 0 spiro atoms. The average molecular weight is 314 g/mol. The zero-order chi connectivity index (χ0) is 16.2. The molecule has 6 nitrogen and oxygen atoms in total. The van der Waals surface area contributed by atoms with E-state index in [4.69, 9.17) is 4.74 Å². The number of carbonyl (C=O) groups excluding carboxylic acids is 1. The van der Waals surface area contributed by atoms with E-state index >= 15 is 0 Å². The lowest BCUT2D eigenvalue weighted by molar-refractivity contribution is -0.143. The fourth-order valence-electron chi connectivity index (χ4n) is 2.92. The van der Waals surface area contributed by atoms with Gasteiger partial charge in [0, 0.05) is 25.7 Å². The van der Waals surface area contributed by atoms with Crippen molar-refractivity contribution < 1.29 is 9.53 Å². The number of ether oxygens (including phenoxy) is 1. The number of piperazine rings is 1. The Morgan fingerprint density at radius 2 is 2.17 bits per heavy atom. The maximum absolute atomic E-state index is 11.8. The number of rotatable bonds is 4. The van der Waals surface area contributed by atoms with E-state index < -0.39 is 0 Å². The third kappa shape index (κ3) is 3.53. The molecule has 1 atom stereocenters. The molecule has 1 fully saturated rings. The summed E-state index contributed by atoms with van der Waals surface area (Å²) in [7, 11) is 1.42. The fraction of sp³-hybridized carbons (Fsp3) is 0.412. The number of aromatic nitrogens is 2. The van der Waals surface area contributed by atoms with E-state index in [0.29, 0.717) is 6.54 Å². The predicted octanol–water partition coefficient (Wildman–Crippen LogP) is 1.19. The van der Waals surface area contributed by atoms with Crippen molar-refractivity contribution in [3.05, 3.63) is 47.7 Å². The van der Waals surface area contributed by atoms with Crippen molar-refractivity contribution >= 4 is 11.8 Å². The minimum Gasteiger partial charge on any atom is -0.468 e. The Morgan fingerprint density at radius 1 is 1.39 bits per heavy atom. The summed E-state index contributed by atoms with van der Waals surface area (Å²) in [6, 6.07) is 12.0. The van der Waals surface area contributed by atoms with Gasteiger partial charge in [-0.2, -0.15) is 5.10 Å². The molecule has 0 radical (unpaired) electrons. The van der Waals surface area contributed by atoms with Gasteiger partial charge in [-0.1, -0.05) is 30.3 Å². The second kappa shape index (κ2) is 6.83. The van der Waals surface area contributed by atoms with Gasteiger partial charge in [-0.3, -0.25) is 4.79 Å². The summed E-state index contributed by atoms with van der Waals surface area (Å²) in [6.45, 7) is 4.89. The van der Waals surface area contributed by atoms with Crippen molar-refractivity contribution in [2.75, 3.05) is 31.6 Å². The molecule has 0 amide bonds. The average Bonchev–Trinajstić information content (AvgIpc) is 2.95. The molecule has 0 aliphatic carbocycles. The van der Waals surface area contributed by atoms with E-state index in [2.05, 4.69) is 33.5 Å². The molecule has 1 saturated heterocycles. The summed E-state index contributed by atoms with van der Waals surface area (Å²) in [5.41, 5.74) is 2.18.